The van der Waals surface area contributed by atoms with E-state index in [1.165, 1.54) is 0 Å². The number of nitrogens with one attached hydrogen (secondary N) is 2. The van der Waals surface area contributed by atoms with Crippen LogP contribution in [0.15, 0.2) is 38.7 Å². The first-order chi connectivity index (χ1) is 15.0. The van der Waals surface area contributed by atoms with Gasteiger partial charge in [0.2, 0.25) is 10.0 Å². The van der Waals surface area contributed by atoms with Crippen LogP contribution in [0.1, 0.15) is 55.7 Å². The Morgan fingerprint density at radius 2 is 1.74 bits per heavy atom. The van der Waals surface area contributed by atoms with Gasteiger partial charge in [-0.2, -0.15) is 4.31 Å². The van der Waals surface area contributed by atoms with E-state index in [1.807, 2.05) is 19.1 Å². The van der Waals surface area contributed by atoms with Crippen LogP contribution in [-0.4, -0.2) is 44.0 Å². The minimum atomic E-state index is -3.40. The first-order valence-electron chi connectivity index (χ1n) is 11.0. The summed E-state index contributed by atoms with van der Waals surface area (Å²) in [6.07, 6.45) is 4.58. The van der Waals surface area contributed by atoms with E-state index in [0.717, 1.165) is 54.7 Å². The molecule has 1 aromatic heterocycles. The third kappa shape index (κ3) is 5.65. The molecule has 1 aliphatic heterocycles. The van der Waals surface area contributed by atoms with Crippen LogP contribution in [-0.2, 0) is 36.0 Å². The molecule has 2 aromatic rings. The minimum Gasteiger partial charge on any atom is -0.361 e. The highest BCUT2D eigenvalue weighted by Crippen LogP contribution is 2.21. The van der Waals surface area contributed by atoms with E-state index in [9.17, 15) is 8.42 Å². The van der Waals surface area contributed by atoms with Crippen LogP contribution < -0.4 is 10.6 Å². The highest BCUT2D eigenvalue weighted by atomic mass is 32.2. The lowest BCUT2D eigenvalue weighted by molar-refractivity contribution is 0.346. The van der Waals surface area contributed by atoms with Crippen LogP contribution in [0.25, 0.3) is 0 Å². The number of guanidine groups is 1. The van der Waals surface area contributed by atoms with Crippen molar-refractivity contribution < 1.29 is 12.9 Å². The van der Waals surface area contributed by atoms with Gasteiger partial charge in [-0.3, -0.25) is 4.99 Å². The van der Waals surface area contributed by atoms with Crippen molar-refractivity contribution in [1.29, 1.82) is 0 Å². The maximum atomic E-state index is 12.8. The van der Waals surface area contributed by atoms with Crippen molar-refractivity contribution in [2.45, 2.75) is 63.9 Å². The van der Waals surface area contributed by atoms with Gasteiger partial charge in [0.05, 0.1) is 10.6 Å². The van der Waals surface area contributed by atoms with Crippen molar-refractivity contribution in [3.63, 3.8) is 0 Å². The molecule has 0 radical (unpaired) electrons. The zero-order valence-corrected chi connectivity index (χ0v) is 19.5. The molecule has 0 bridgehead atoms. The van der Waals surface area contributed by atoms with E-state index in [1.54, 1.807) is 23.5 Å². The van der Waals surface area contributed by atoms with Gasteiger partial charge in [-0.25, -0.2) is 8.42 Å². The molecule has 0 amide bonds. The summed E-state index contributed by atoms with van der Waals surface area (Å²) in [5.41, 5.74) is 3.03. The summed E-state index contributed by atoms with van der Waals surface area (Å²) in [6, 6.07) is 7.08. The van der Waals surface area contributed by atoms with Crippen LogP contribution >= 0.6 is 0 Å². The third-order valence-corrected chi connectivity index (χ3v) is 7.51. The number of hydrogen-bond donors (Lipinski definition) is 2. The number of aryl methyl sites for hydroxylation is 2. The Labute approximate surface area is 185 Å². The van der Waals surface area contributed by atoms with Crippen molar-refractivity contribution in [3.8, 4) is 0 Å². The molecule has 2 heterocycles. The fourth-order valence-electron chi connectivity index (χ4n) is 3.75. The Bertz CT molecular complexity index is 956. The van der Waals surface area contributed by atoms with Crippen molar-refractivity contribution >= 4 is 16.0 Å². The van der Waals surface area contributed by atoms with E-state index < -0.39 is 10.0 Å². The molecule has 1 aromatic carbocycles. The quantitative estimate of drug-likeness (QED) is 0.477. The lowest BCUT2D eigenvalue weighted by atomic mass is 10.1. The Kier molecular flexibility index (Phi) is 8.09. The number of aromatic nitrogens is 1. The number of benzene rings is 1. The van der Waals surface area contributed by atoms with Crippen molar-refractivity contribution in [2.24, 2.45) is 4.99 Å². The summed E-state index contributed by atoms with van der Waals surface area (Å²) >= 11 is 0. The molecule has 0 unspecified atom stereocenters. The molecular weight excluding hydrogens is 414 g/mol. The molecule has 170 valence electrons. The highest BCUT2D eigenvalue weighted by Gasteiger charge is 2.25. The number of aliphatic imine (C=N–C) groups is 1. The number of hydrogen-bond acceptors (Lipinski definition) is 5. The van der Waals surface area contributed by atoms with Crippen molar-refractivity contribution in [2.75, 3.05) is 20.1 Å². The normalized spacial score (nSPS) is 15.8. The fourth-order valence-corrected chi connectivity index (χ4v) is 5.27. The summed E-state index contributed by atoms with van der Waals surface area (Å²) in [6.45, 7) is 6.45. The number of sulfonamides is 1. The number of piperidine rings is 1. The summed E-state index contributed by atoms with van der Waals surface area (Å²) < 4.78 is 32.6. The molecule has 8 nitrogen and oxygen atoms in total. The monoisotopic (exact) mass is 447 g/mol. The van der Waals surface area contributed by atoms with Crippen molar-refractivity contribution in [3.05, 3.63) is 46.8 Å². The number of rotatable bonds is 8. The smallest absolute Gasteiger partial charge is 0.243 e. The first-order valence-corrected chi connectivity index (χ1v) is 12.4. The predicted octanol–water partition coefficient (Wildman–Crippen LogP) is 2.84. The molecule has 2 N–H and O–H groups in total. The van der Waals surface area contributed by atoms with E-state index >= 15 is 0 Å². The zero-order valence-electron chi connectivity index (χ0n) is 18.6. The van der Waals surface area contributed by atoms with Crippen LogP contribution in [0.3, 0.4) is 0 Å². The molecule has 0 spiro atoms. The van der Waals surface area contributed by atoms with Gasteiger partial charge in [0.1, 0.15) is 5.76 Å². The largest absolute Gasteiger partial charge is 0.361 e. The van der Waals surface area contributed by atoms with Gasteiger partial charge in [-0.15, -0.1) is 0 Å². The third-order valence-electron chi connectivity index (χ3n) is 5.60. The predicted molar refractivity (Wildman–Crippen MR) is 121 cm³/mol. The van der Waals surface area contributed by atoms with Gasteiger partial charge in [0, 0.05) is 45.2 Å². The average molecular weight is 448 g/mol. The first kappa shape index (κ1) is 23.3. The van der Waals surface area contributed by atoms with Crippen LogP contribution in [0.5, 0.6) is 0 Å². The van der Waals surface area contributed by atoms with Crippen molar-refractivity contribution in [1.82, 2.24) is 20.1 Å². The molecular formula is C22H33N5O3S. The average Bonchev–Trinajstić information content (AvgIpc) is 3.22. The fraction of sp³-hybridized carbons (Fsp3) is 0.545. The highest BCUT2D eigenvalue weighted by molar-refractivity contribution is 7.89. The van der Waals surface area contributed by atoms with Gasteiger partial charge >= 0.3 is 0 Å². The Hall–Kier alpha value is -2.39. The van der Waals surface area contributed by atoms with Crippen LogP contribution in [0.2, 0.25) is 0 Å². The maximum absolute atomic E-state index is 12.8. The van der Waals surface area contributed by atoms with Crippen LogP contribution in [0.4, 0.5) is 0 Å². The summed E-state index contributed by atoms with van der Waals surface area (Å²) in [4.78, 5) is 4.63. The molecule has 1 fully saturated rings. The second-order valence-electron chi connectivity index (χ2n) is 7.63. The molecule has 0 aliphatic carbocycles. The summed E-state index contributed by atoms with van der Waals surface area (Å²) in [5, 5.41) is 10.7. The second kappa shape index (κ2) is 10.8. The molecule has 9 heteroatoms. The van der Waals surface area contributed by atoms with E-state index in [-0.39, 0.29) is 0 Å². The Balaban J connectivity index is 1.57. The van der Waals surface area contributed by atoms with E-state index in [0.29, 0.717) is 37.0 Å². The lowest BCUT2D eigenvalue weighted by Crippen LogP contribution is -2.36. The van der Waals surface area contributed by atoms with Gasteiger partial charge in [-0.1, -0.05) is 37.6 Å². The van der Waals surface area contributed by atoms with E-state index in [2.05, 4.69) is 27.7 Å². The Morgan fingerprint density at radius 3 is 2.35 bits per heavy atom. The Morgan fingerprint density at radius 1 is 1.06 bits per heavy atom. The molecule has 0 saturated carbocycles. The zero-order chi connectivity index (χ0) is 22.3. The number of nitrogens with zero attached hydrogens (tertiary/aromatic N) is 3. The molecule has 1 aliphatic rings. The summed E-state index contributed by atoms with van der Waals surface area (Å²) in [5.74, 6) is 1.56. The molecule has 1 saturated heterocycles. The minimum absolute atomic E-state index is 0.354. The molecule has 0 atom stereocenters. The summed E-state index contributed by atoms with van der Waals surface area (Å²) in [7, 11) is -1.68. The second-order valence-corrected chi connectivity index (χ2v) is 9.56. The van der Waals surface area contributed by atoms with Gasteiger partial charge in [-0.05, 0) is 37.0 Å². The van der Waals surface area contributed by atoms with Gasteiger partial charge < -0.3 is 15.2 Å². The van der Waals surface area contributed by atoms with Crippen LogP contribution in [0, 0.1) is 0 Å². The van der Waals surface area contributed by atoms with E-state index in [4.69, 9.17) is 4.52 Å². The maximum Gasteiger partial charge on any atom is 0.243 e. The molecule has 3 rings (SSSR count). The lowest BCUT2D eigenvalue weighted by Gasteiger charge is -2.25. The molecule has 31 heavy (non-hydrogen) atoms. The topological polar surface area (TPSA) is 99.8 Å². The van der Waals surface area contributed by atoms with Gasteiger partial charge in [0.15, 0.2) is 5.96 Å². The standard InChI is InChI=1S/C22H33N5O3S/c1-4-20-19(21(5-2)30-26-20)16-25-22(23-3)24-15-17-9-11-18(12-10-17)31(28,29)27-13-7-6-8-14-27/h9-12H,4-8,13-16H2,1-3H3,(H2,23,24,25). The van der Waals surface area contributed by atoms with Gasteiger partial charge in [0.25, 0.3) is 0 Å². The SMILES string of the molecule is CCc1noc(CC)c1CNC(=NC)NCc1ccc(S(=O)(=O)N2CCCCC2)cc1.